The standard InChI is InChI=1S/C25H28N4O4S/c1-25(24(31)26-16-7-4-5-8-16)15-28-20(14-18(27-28)22-9-6-12-34-22)23(30)29(25)19-11-10-17(32-2)13-21(19)33-3/h6,9-14,16H,4-5,7-8,15H2,1-3H3,(H,26,31). The van der Waals surface area contributed by atoms with Gasteiger partial charge < -0.3 is 14.8 Å². The Morgan fingerprint density at radius 1 is 1.18 bits per heavy atom. The zero-order valence-electron chi connectivity index (χ0n) is 19.5. The van der Waals surface area contributed by atoms with Crippen LogP contribution in [-0.2, 0) is 11.3 Å². The first-order valence-corrected chi connectivity index (χ1v) is 12.3. The summed E-state index contributed by atoms with van der Waals surface area (Å²) in [5.74, 6) is 0.574. The molecule has 3 heterocycles. The summed E-state index contributed by atoms with van der Waals surface area (Å²) in [5, 5.41) is 9.87. The molecule has 1 saturated carbocycles. The Balaban J connectivity index is 1.61. The van der Waals surface area contributed by atoms with Crippen LogP contribution in [0.2, 0.25) is 0 Å². The molecule has 8 nitrogen and oxygen atoms in total. The molecule has 1 aliphatic carbocycles. The van der Waals surface area contributed by atoms with Gasteiger partial charge >= 0.3 is 0 Å². The summed E-state index contributed by atoms with van der Waals surface area (Å²) in [4.78, 5) is 30.3. The molecule has 9 heteroatoms. The molecule has 0 bridgehead atoms. The van der Waals surface area contributed by atoms with Crippen molar-refractivity contribution < 1.29 is 19.1 Å². The van der Waals surface area contributed by atoms with Crippen molar-refractivity contribution in [1.29, 1.82) is 0 Å². The molecule has 2 amide bonds. The number of fused-ring (bicyclic) bond motifs is 1. The third kappa shape index (κ3) is 3.73. The van der Waals surface area contributed by atoms with Crippen molar-refractivity contribution >= 4 is 28.8 Å². The predicted molar refractivity (Wildman–Crippen MR) is 131 cm³/mol. The van der Waals surface area contributed by atoms with Crippen molar-refractivity contribution in [3.63, 3.8) is 0 Å². The number of carbonyl (C=O) groups is 2. The van der Waals surface area contributed by atoms with E-state index in [1.165, 1.54) is 0 Å². The summed E-state index contributed by atoms with van der Waals surface area (Å²) in [6.45, 7) is 2.03. The molecule has 1 aliphatic heterocycles. The molecule has 0 saturated heterocycles. The highest BCUT2D eigenvalue weighted by atomic mass is 32.1. The van der Waals surface area contributed by atoms with Crippen LogP contribution in [0, 0.1) is 0 Å². The Morgan fingerprint density at radius 3 is 2.65 bits per heavy atom. The average Bonchev–Trinajstić information content (AvgIpc) is 3.61. The second-order valence-electron chi connectivity index (χ2n) is 8.96. The lowest BCUT2D eigenvalue weighted by molar-refractivity contribution is -0.127. The number of methoxy groups -OCH3 is 2. The van der Waals surface area contributed by atoms with Crippen LogP contribution in [0.5, 0.6) is 11.5 Å². The molecule has 0 spiro atoms. The van der Waals surface area contributed by atoms with E-state index in [0.717, 1.165) is 36.3 Å². The Morgan fingerprint density at radius 2 is 1.97 bits per heavy atom. The maximum Gasteiger partial charge on any atom is 0.277 e. The van der Waals surface area contributed by atoms with Gasteiger partial charge in [-0.05, 0) is 49.4 Å². The highest BCUT2D eigenvalue weighted by Gasteiger charge is 2.50. The van der Waals surface area contributed by atoms with Crippen LogP contribution in [0.3, 0.4) is 0 Å². The monoisotopic (exact) mass is 480 g/mol. The first-order chi connectivity index (χ1) is 16.4. The van der Waals surface area contributed by atoms with E-state index < -0.39 is 5.54 Å². The van der Waals surface area contributed by atoms with Gasteiger partial charge in [-0.25, -0.2) is 0 Å². The van der Waals surface area contributed by atoms with Crippen molar-refractivity contribution in [2.45, 2.75) is 50.7 Å². The molecule has 1 atom stereocenters. The predicted octanol–water partition coefficient (Wildman–Crippen LogP) is 4.11. The van der Waals surface area contributed by atoms with Crippen molar-refractivity contribution in [1.82, 2.24) is 15.1 Å². The normalized spacial score (nSPS) is 20.3. The number of nitrogens with one attached hydrogen (secondary N) is 1. The second-order valence-corrected chi connectivity index (χ2v) is 9.90. The van der Waals surface area contributed by atoms with Gasteiger partial charge in [-0.2, -0.15) is 5.10 Å². The molecule has 1 N–H and O–H groups in total. The third-order valence-electron chi connectivity index (χ3n) is 6.73. The lowest BCUT2D eigenvalue weighted by Gasteiger charge is -2.43. The lowest BCUT2D eigenvalue weighted by atomic mass is 9.93. The number of thiophene rings is 1. The van der Waals surface area contributed by atoms with Gasteiger partial charge in [0.1, 0.15) is 28.4 Å². The molecule has 34 heavy (non-hydrogen) atoms. The summed E-state index contributed by atoms with van der Waals surface area (Å²) in [5.41, 5.74) is 0.475. The number of hydrogen-bond acceptors (Lipinski definition) is 6. The number of nitrogens with zero attached hydrogens (tertiary/aromatic N) is 3. The van der Waals surface area contributed by atoms with E-state index >= 15 is 0 Å². The number of aromatic nitrogens is 2. The van der Waals surface area contributed by atoms with E-state index in [-0.39, 0.29) is 24.4 Å². The quantitative estimate of drug-likeness (QED) is 0.574. The smallest absolute Gasteiger partial charge is 0.277 e. The van der Waals surface area contributed by atoms with E-state index in [1.54, 1.807) is 66.3 Å². The van der Waals surface area contributed by atoms with Crippen LogP contribution < -0.4 is 19.7 Å². The number of hydrogen-bond donors (Lipinski definition) is 1. The summed E-state index contributed by atoms with van der Waals surface area (Å²) in [6, 6.07) is 11.1. The number of anilines is 1. The lowest BCUT2D eigenvalue weighted by Crippen LogP contribution is -2.65. The first-order valence-electron chi connectivity index (χ1n) is 11.4. The minimum Gasteiger partial charge on any atom is -0.497 e. The van der Waals surface area contributed by atoms with Crippen molar-refractivity contribution in [3.8, 4) is 22.1 Å². The van der Waals surface area contributed by atoms with Crippen molar-refractivity contribution in [2.75, 3.05) is 19.1 Å². The molecule has 1 unspecified atom stereocenters. The fraction of sp³-hybridized carbons (Fsp3) is 0.400. The van der Waals surface area contributed by atoms with Gasteiger partial charge in [-0.3, -0.25) is 19.2 Å². The van der Waals surface area contributed by atoms with E-state index in [9.17, 15) is 9.59 Å². The van der Waals surface area contributed by atoms with Crippen molar-refractivity contribution in [3.05, 3.63) is 47.5 Å². The molecule has 0 radical (unpaired) electrons. The molecule has 1 fully saturated rings. The van der Waals surface area contributed by atoms with Gasteiger partial charge in [-0.15, -0.1) is 11.3 Å². The highest BCUT2D eigenvalue weighted by Crippen LogP contribution is 2.41. The van der Waals surface area contributed by atoms with Gasteiger partial charge in [-0.1, -0.05) is 18.9 Å². The molecule has 1 aromatic carbocycles. The fourth-order valence-electron chi connectivity index (χ4n) is 4.88. The van der Waals surface area contributed by atoms with E-state index in [2.05, 4.69) is 5.32 Å². The third-order valence-corrected chi connectivity index (χ3v) is 7.63. The molecular weight excluding hydrogens is 452 g/mol. The maximum absolute atomic E-state index is 14.0. The molecule has 5 rings (SSSR count). The maximum atomic E-state index is 14.0. The number of rotatable bonds is 6. The van der Waals surface area contributed by atoms with Gasteiger partial charge in [0.25, 0.3) is 5.91 Å². The van der Waals surface area contributed by atoms with E-state index in [0.29, 0.717) is 22.9 Å². The van der Waals surface area contributed by atoms with E-state index in [1.807, 2.05) is 17.5 Å². The molecule has 178 valence electrons. The molecule has 2 aliphatic rings. The topological polar surface area (TPSA) is 85.7 Å². The number of ether oxygens (including phenoxy) is 2. The second kappa shape index (κ2) is 8.79. The zero-order chi connectivity index (χ0) is 23.9. The minimum absolute atomic E-state index is 0.125. The largest absolute Gasteiger partial charge is 0.497 e. The average molecular weight is 481 g/mol. The number of benzene rings is 1. The van der Waals surface area contributed by atoms with Gasteiger partial charge in [0, 0.05) is 12.1 Å². The van der Waals surface area contributed by atoms with Crippen LogP contribution in [0.1, 0.15) is 43.1 Å². The van der Waals surface area contributed by atoms with Crippen LogP contribution >= 0.6 is 11.3 Å². The number of carbonyl (C=O) groups excluding carboxylic acids is 2. The highest BCUT2D eigenvalue weighted by molar-refractivity contribution is 7.13. The van der Waals surface area contributed by atoms with Gasteiger partial charge in [0.15, 0.2) is 0 Å². The number of amides is 2. The fourth-order valence-corrected chi connectivity index (χ4v) is 5.57. The summed E-state index contributed by atoms with van der Waals surface area (Å²) >= 11 is 1.56. The molecular formula is C25H28N4O4S. The van der Waals surface area contributed by atoms with Crippen LogP contribution in [0.15, 0.2) is 41.8 Å². The Bertz CT molecular complexity index is 1220. The van der Waals surface area contributed by atoms with Gasteiger partial charge in [0.2, 0.25) is 5.91 Å². The SMILES string of the molecule is COc1ccc(N2C(=O)c3cc(-c4cccs4)nn3CC2(C)C(=O)NC2CCCC2)c(OC)c1. The Kier molecular flexibility index (Phi) is 5.81. The van der Waals surface area contributed by atoms with Gasteiger partial charge in [0.05, 0.1) is 31.3 Å². The first kappa shape index (κ1) is 22.5. The van der Waals surface area contributed by atoms with Crippen molar-refractivity contribution in [2.24, 2.45) is 0 Å². The summed E-state index contributed by atoms with van der Waals surface area (Å²) in [7, 11) is 3.12. The summed E-state index contributed by atoms with van der Waals surface area (Å²) < 4.78 is 12.6. The molecule has 3 aromatic rings. The van der Waals surface area contributed by atoms with Crippen LogP contribution in [-0.4, -0.2) is 47.4 Å². The van der Waals surface area contributed by atoms with Crippen LogP contribution in [0.25, 0.3) is 10.6 Å². The minimum atomic E-state index is -1.20. The molecule has 2 aromatic heterocycles. The Hall–Kier alpha value is -3.33. The van der Waals surface area contributed by atoms with Crippen LogP contribution in [0.4, 0.5) is 5.69 Å². The Labute approximate surface area is 202 Å². The zero-order valence-corrected chi connectivity index (χ0v) is 20.4. The van der Waals surface area contributed by atoms with E-state index in [4.69, 9.17) is 14.6 Å². The summed E-state index contributed by atoms with van der Waals surface area (Å²) in [6.07, 6.45) is 4.11.